The number of rotatable bonds is 4. The van der Waals surface area contributed by atoms with Gasteiger partial charge >= 0.3 is 0 Å². The van der Waals surface area contributed by atoms with Crippen LogP contribution in [-0.2, 0) is 13.5 Å². The molecule has 0 radical (unpaired) electrons. The molecular weight excluding hydrogens is 176 g/mol. The molecule has 74 valence electrons. The molecule has 5 heteroatoms. The number of aryl methyl sites for hydroxylation is 1. The van der Waals surface area contributed by atoms with Gasteiger partial charge in [0, 0.05) is 18.8 Å². The summed E-state index contributed by atoms with van der Waals surface area (Å²) < 4.78 is 26.2. The van der Waals surface area contributed by atoms with Crippen molar-refractivity contribution in [3.8, 4) is 0 Å². The molecule has 1 aromatic heterocycles. The van der Waals surface area contributed by atoms with Gasteiger partial charge in [0.15, 0.2) is 0 Å². The molecule has 0 aliphatic heterocycles. The van der Waals surface area contributed by atoms with Crippen molar-refractivity contribution in [3.63, 3.8) is 0 Å². The lowest BCUT2D eigenvalue weighted by atomic mass is 10.2. The Labute approximate surface area is 75.7 Å². The van der Waals surface area contributed by atoms with Gasteiger partial charge in [0.1, 0.15) is 5.69 Å². The van der Waals surface area contributed by atoms with E-state index in [0.29, 0.717) is 18.5 Å². The summed E-state index contributed by atoms with van der Waals surface area (Å²) in [6, 6.07) is 0. The first kappa shape index (κ1) is 10.1. The first-order valence-corrected chi connectivity index (χ1v) is 4.10. The largest absolute Gasteiger partial charge is 0.319 e. The fourth-order valence-corrected chi connectivity index (χ4v) is 1.19. The molecule has 0 saturated carbocycles. The second kappa shape index (κ2) is 4.32. The molecule has 1 heterocycles. The summed E-state index contributed by atoms with van der Waals surface area (Å²) in [6.45, 7) is 0.686. The first-order chi connectivity index (χ1) is 6.15. The van der Waals surface area contributed by atoms with E-state index in [1.54, 1.807) is 20.3 Å². The normalized spacial score (nSPS) is 11.2. The van der Waals surface area contributed by atoms with Gasteiger partial charge < -0.3 is 5.32 Å². The Morgan fingerprint density at radius 2 is 2.31 bits per heavy atom. The van der Waals surface area contributed by atoms with Crippen molar-refractivity contribution in [1.82, 2.24) is 15.1 Å². The van der Waals surface area contributed by atoms with Crippen molar-refractivity contribution in [1.29, 1.82) is 0 Å². The summed E-state index contributed by atoms with van der Waals surface area (Å²) in [5, 5.41) is 6.61. The monoisotopic (exact) mass is 189 g/mol. The van der Waals surface area contributed by atoms with Gasteiger partial charge in [-0.1, -0.05) is 0 Å². The van der Waals surface area contributed by atoms with Gasteiger partial charge in [-0.05, 0) is 20.0 Å². The molecule has 1 aromatic rings. The lowest BCUT2D eigenvalue weighted by molar-refractivity contribution is 0.144. The fraction of sp³-hybridized carbons (Fsp3) is 0.625. The van der Waals surface area contributed by atoms with Crippen molar-refractivity contribution in [3.05, 3.63) is 17.5 Å². The van der Waals surface area contributed by atoms with Gasteiger partial charge in [-0.3, -0.25) is 4.68 Å². The summed E-state index contributed by atoms with van der Waals surface area (Å²) in [4.78, 5) is 0. The van der Waals surface area contributed by atoms with Crippen LogP contribution in [0, 0.1) is 0 Å². The Balaban J connectivity index is 2.78. The summed E-state index contributed by atoms with van der Waals surface area (Å²) in [6.07, 6.45) is -0.254. The van der Waals surface area contributed by atoms with E-state index >= 15 is 0 Å². The highest BCUT2D eigenvalue weighted by Crippen LogP contribution is 2.20. The highest BCUT2D eigenvalue weighted by molar-refractivity contribution is 5.18. The molecular formula is C8H13F2N3. The van der Waals surface area contributed by atoms with Gasteiger partial charge in [0.2, 0.25) is 0 Å². The van der Waals surface area contributed by atoms with E-state index in [1.807, 2.05) is 0 Å². The number of hydrogen-bond acceptors (Lipinski definition) is 2. The Morgan fingerprint density at radius 1 is 1.62 bits per heavy atom. The predicted molar refractivity (Wildman–Crippen MR) is 45.8 cm³/mol. The number of aromatic nitrogens is 2. The van der Waals surface area contributed by atoms with E-state index in [9.17, 15) is 8.78 Å². The molecule has 0 amide bonds. The number of nitrogens with zero attached hydrogens (tertiary/aromatic N) is 2. The maximum Gasteiger partial charge on any atom is 0.282 e. The van der Waals surface area contributed by atoms with Gasteiger partial charge in [-0.15, -0.1) is 0 Å². The molecule has 0 aliphatic carbocycles. The highest BCUT2D eigenvalue weighted by atomic mass is 19.3. The van der Waals surface area contributed by atoms with Gasteiger partial charge in [-0.25, -0.2) is 8.78 Å². The molecule has 1 N–H and O–H groups in total. The number of nitrogens with one attached hydrogen (secondary N) is 1. The SMILES string of the molecule is CNCCc1cn(C)nc1C(F)F. The lowest BCUT2D eigenvalue weighted by Gasteiger charge is -1.99. The number of likely N-dealkylation sites (N-methyl/N-ethyl adjacent to an activating group) is 1. The smallest absolute Gasteiger partial charge is 0.282 e. The third-order valence-electron chi connectivity index (χ3n) is 1.79. The van der Waals surface area contributed by atoms with Crippen LogP contribution in [0.1, 0.15) is 17.7 Å². The Bertz CT molecular complexity index is 270. The number of hydrogen-bond donors (Lipinski definition) is 1. The molecule has 13 heavy (non-hydrogen) atoms. The number of halogens is 2. The van der Waals surface area contributed by atoms with Crippen molar-refractivity contribution < 1.29 is 8.78 Å². The average molecular weight is 189 g/mol. The molecule has 3 nitrogen and oxygen atoms in total. The van der Waals surface area contributed by atoms with Crippen LogP contribution < -0.4 is 5.32 Å². The van der Waals surface area contributed by atoms with E-state index in [0.717, 1.165) is 0 Å². The quantitative estimate of drug-likeness (QED) is 0.769. The third kappa shape index (κ3) is 2.48. The molecule has 0 spiro atoms. The minimum atomic E-state index is -2.48. The van der Waals surface area contributed by atoms with Crippen molar-refractivity contribution >= 4 is 0 Å². The lowest BCUT2D eigenvalue weighted by Crippen LogP contribution is -2.10. The van der Waals surface area contributed by atoms with Crippen LogP contribution >= 0.6 is 0 Å². The maximum atomic E-state index is 12.4. The zero-order valence-corrected chi connectivity index (χ0v) is 7.72. The summed E-state index contributed by atoms with van der Waals surface area (Å²) in [7, 11) is 3.44. The standard InChI is InChI=1S/C8H13F2N3/c1-11-4-3-6-5-13(2)12-7(6)8(9)10/h5,8,11H,3-4H2,1-2H3. The minimum absolute atomic E-state index is 0.0993. The second-order valence-corrected chi connectivity index (χ2v) is 2.87. The molecule has 0 fully saturated rings. The summed E-state index contributed by atoms with van der Waals surface area (Å²) in [5.41, 5.74) is 0.518. The molecule has 0 atom stereocenters. The zero-order chi connectivity index (χ0) is 9.84. The molecule has 0 aliphatic rings. The molecule has 0 unspecified atom stereocenters. The van der Waals surface area contributed by atoms with E-state index < -0.39 is 6.43 Å². The van der Waals surface area contributed by atoms with Crippen LogP contribution in [-0.4, -0.2) is 23.4 Å². The van der Waals surface area contributed by atoms with E-state index in [2.05, 4.69) is 10.4 Å². The van der Waals surface area contributed by atoms with E-state index in [4.69, 9.17) is 0 Å². The van der Waals surface area contributed by atoms with Crippen LogP contribution in [0.2, 0.25) is 0 Å². The predicted octanol–water partition coefficient (Wildman–Crippen LogP) is 1.12. The van der Waals surface area contributed by atoms with Crippen LogP contribution in [0.5, 0.6) is 0 Å². The van der Waals surface area contributed by atoms with Crippen LogP contribution in [0.4, 0.5) is 8.78 Å². The Hall–Kier alpha value is -0.970. The summed E-state index contributed by atoms with van der Waals surface area (Å²) in [5.74, 6) is 0. The topological polar surface area (TPSA) is 29.9 Å². The van der Waals surface area contributed by atoms with Crippen LogP contribution in [0.3, 0.4) is 0 Å². The van der Waals surface area contributed by atoms with Crippen LogP contribution in [0.15, 0.2) is 6.20 Å². The Kier molecular flexibility index (Phi) is 3.36. The number of alkyl halides is 2. The van der Waals surface area contributed by atoms with Crippen LogP contribution in [0.25, 0.3) is 0 Å². The van der Waals surface area contributed by atoms with Gasteiger partial charge in [0.05, 0.1) is 0 Å². The average Bonchev–Trinajstić information content (AvgIpc) is 2.43. The van der Waals surface area contributed by atoms with E-state index in [1.165, 1.54) is 4.68 Å². The second-order valence-electron chi connectivity index (χ2n) is 2.87. The third-order valence-corrected chi connectivity index (χ3v) is 1.79. The fourth-order valence-electron chi connectivity index (χ4n) is 1.19. The molecule has 1 rings (SSSR count). The summed E-state index contributed by atoms with van der Waals surface area (Å²) >= 11 is 0. The van der Waals surface area contributed by atoms with E-state index in [-0.39, 0.29) is 5.69 Å². The van der Waals surface area contributed by atoms with Gasteiger partial charge in [-0.2, -0.15) is 5.10 Å². The highest BCUT2D eigenvalue weighted by Gasteiger charge is 2.16. The molecule has 0 aromatic carbocycles. The van der Waals surface area contributed by atoms with Crippen molar-refractivity contribution in [2.75, 3.05) is 13.6 Å². The molecule has 0 bridgehead atoms. The Morgan fingerprint density at radius 3 is 2.85 bits per heavy atom. The minimum Gasteiger partial charge on any atom is -0.319 e. The first-order valence-electron chi connectivity index (χ1n) is 4.10. The van der Waals surface area contributed by atoms with Gasteiger partial charge in [0.25, 0.3) is 6.43 Å². The zero-order valence-electron chi connectivity index (χ0n) is 7.72. The maximum absolute atomic E-state index is 12.4. The van der Waals surface area contributed by atoms with Crippen molar-refractivity contribution in [2.45, 2.75) is 12.8 Å². The van der Waals surface area contributed by atoms with Crippen molar-refractivity contribution in [2.24, 2.45) is 7.05 Å². The molecule has 0 saturated heterocycles.